The van der Waals surface area contributed by atoms with E-state index in [1.165, 1.54) is 6.07 Å². The van der Waals surface area contributed by atoms with E-state index in [0.717, 1.165) is 16.4 Å². The van der Waals surface area contributed by atoms with Crippen molar-refractivity contribution in [3.8, 4) is 0 Å². The van der Waals surface area contributed by atoms with E-state index in [9.17, 15) is 21.6 Å². The second-order valence-corrected chi connectivity index (χ2v) is 7.38. The molecule has 1 aromatic rings. The topological polar surface area (TPSA) is 63.4 Å². The van der Waals surface area contributed by atoms with Crippen LogP contribution in [-0.4, -0.2) is 25.7 Å². The minimum Gasteiger partial charge on any atom is -0.389 e. The molecule has 1 aliphatic rings. The summed E-state index contributed by atoms with van der Waals surface area (Å²) < 4.78 is 64.1. The highest BCUT2D eigenvalue weighted by molar-refractivity contribution is 7.93. The lowest BCUT2D eigenvalue weighted by atomic mass is 10.1. The Morgan fingerprint density at radius 3 is 2.48 bits per heavy atom. The lowest BCUT2D eigenvalue weighted by Gasteiger charge is -2.20. The number of halogens is 3. The molecule has 21 heavy (non-hydrogen) atoms. The third-order valence-electron chi connectivity index (χ3n) is 3.17. The molecule has 1 aliphatic heterocycles. The zero-order valence-electron chi connectivity index (χ0n) is 11.0. The van der Waals surface area contributed by atoms with Gasteiger partial charge in [0.2, 0.25) is 10.0 Å². The van der Waals surface area contributed by atoms with Gasteiger partial charge in [-0.25, -0.2) is 8.42 Å². The van der Waals surface area contributed by atoms with Gasteiger partial charge in [0.1, 0.15) is 4.99 Å². The maximum absolute atomic E-state index is 13.1. The molecule has 0 saturated carbocycles. The van der Waals surface area contributed by atoms with Gasteiger partial charge in [0.25, 0.3) is 0 Å². The van der Waals surface area contributed by atoms with Crippen molar-refractivity contribution in [1.82, 2.24) is 0 Å². The molecule has 1 fully saturated rings. The van der Waals surface area contributed by atoms with E-state index >= 15 is 0 Å². The largest absolute Gasteiger partial charge is 0.417 e. The number of alkyl halides is 3. The van der Waals surface area contributed by atoms with Crippen molar-refractivity contribution < 1.29 is 21.6 Å². The first-order chi connectivity index (χ1) is 9.52. The van der Waals surface area contributed by atoms with Crippen LogP contribution in [0, 0.1) is 5.92 Å². The number of nitrogens with two attached hydrogens (primary N) is 1. The quantitative estimate of drug-likeness (QED) is 0.839. The number of hydrogen-bond acceptors (Lipinski definition) is 3. The van der Waals surface area contributed by atoms with Gasteiger partial charge in [0, 0.05) is 12.1 Å². The third kappa shape index (κ3) is 3.13. The summed E-state index contributed by atoms with van der Waals surface area (Å²) in [6.07, 6.45) is -4.66. The summed E-state index contributed by atoms with van der Waals surface area (Å²) in [5, 5.41) is 0. The number of rotatable bonds is 2. The molecule has 0 bridgehead atoms. The maximum Gasteiger partial charge on any atom is 0.417 e. The Bertz CT molecular complexity index is 686. The van der Waals surface area contributed by atoms with E-state index in [2.05, 4.69) is 12.2 Å². The molecule has 1 heterocycles. The Morgan fingerprint density at radius 2 is 2.05 bits per heavy atom. The molecule has 0 amide bonds. The Labute approximate surface area is 125 Å². The van der Waals surface area contributed by atoms with Gasteiger partial charge in [-0.05, 0) is 24.1 Å². The maximum atomic E-state index is 13.1. The molecule has 0 radical (unpaired) electrons. The van der Waals surface area contributed by atoms with Crippen molar-refractivity contribution in [1.29, 1.82) is 0 Å². The first-order valence-electron chi connectivity index (χ1n) is 6.04. The molecule has 1 unspecified atom stereocenters. The highest BCUT2D eigenvalue weighted by Crippen LogP contribution is 2.36. The summed E-state index contributed by atoms with van der Waals surface area (Å²) in [5.41, 5.74) is 3.93. The van der Waals surface area contributed by atoms with E-state index in [4.69, 9.17) is 5.73 Å². The Hall–Kier alpha value is -1.35. The molecule has 4 nitrogen and oxygen atoms in total. The zero-order chi connectivity index (χ0) is 16.0. The van der Waals surface area contributed by atoms with E-state index in [1.807, 2.05) is 0 Å². The SMILES string of the molecule is CC1CN(c2ccc(C(N)=S)c(C(F)(F)F)c2)S(=O)(=O)C1. The average Bonchev–Trinajstić information content (AvgIpc) is 2.60. The number of hydrogen-bond donors (Lipinski definition) is 1. The Morgan fingerprint density at radius 1 is 1.43 bits per heavy atom. The first-order valence-corrected chi connectivity index (χ1v) is 8.05. The van der Waals surface area contributed by atoms with Gasteiger partial charge in [-0.1, -0.05) is 19.1 Å². The normalized spacial score (nSPS) is 21.5. The standard InChI is InChI=1S/C12H13F3N2O2S2/c1-7-5-17(21(18,19)6-7)8-2-3-9(11(16)20)10(4-8)12(13,14)15/h2-4,7H,5-6H2,1H3,(H2,16,20). The van der Waals surface area contributed by atoms with Crippen molar-refractivity contribution in [2.75, 3.05) is 16.6 Å². The van der Waals surface area contributed by atoms with Gasteiger partial charge in [-0.15, -0.1) is 0 Å². The summed E-state index contributed by atoms with van der Waals surface area (Å²) in [7, 11) is -3.58. The Balaban J connectivity index is 2.56. The van der Waals surface area contributed by atoms with Crippen LogP contribution in [-0.2, 0) is 16.2 Å². The first kappa shape index (κ1) is 16.0. The van der Waals surface area contributed by atoms with Crippen molar-refractivity contribution >= 4 is 32.9 Å². The minimum absolute atomic E-state index is 0.0216. The van der Waals surface area contributed by atoms with Gasteiger partial charge < -0.3 is 5.73 Å². The summed E-state index contributed by atoms with van der Waals surface area (Å²) in [5.74, 6) is -0.217. The lowest BCUT2D eigenvalue weighted by Crippen LogP contribution is -2.26. The van der Waals surface area contributed by atoms with E-state index in [-0.39, 0.29) is 34.5 Å². The molecule has 9 heteroatoms. The fourth-order valence-electron chi connectivity index (χ4n) is 2.30. The molecule has 0 aliphatic carbocycles. The summed E-state index contributed by atoms with van der Waals surface area (Å²) in [6.45, 7) is 1.89. The minimum atomic E-state index is -4.66. The fourth-order valence-corrected chi connectivity index (χ4v) is 4.40. The van der Waals surface area contributed by atoms with Crippen LogP contribution in [0.25, 0.3) is 0 Å². The molecule has 116 valence electrons. The lowest BCUT2D eigenvalue weighted by molar-refractivity contribution is -0.137. The highest BCUT2D eigenvalue weighted by Gasteiger charge is 2.38. The number of thiocarbonyl (C=S) groups is 1. The highest BCUT2D eigenvalue weighted by atomic mass is 32.2. The van der Waals surface area contributed by atoms with Crippen LogP contribution in [0.4, 0.5) is 18.9 Å². The summed E-state index contributed by atoms with van der Waals surface area (Å²) in [4.78, 5) is -0.383. The predicted molar refractivity (Wildman–Crippen MR) is 77.6 cm³/mol. The number of anilines is 1. The molecular formula is C12H13F3N2O2S2. The number of sulfonamides is 1. The van der Waals surface area contributed by atoms with E-state index < -0.39 is 21.8 Å². The van der Waals surface area contributed by atoms with Crippen LogP contribution >= 0.6 is 12.2 Å². The molecule has 1 atom stereocenters. The molecule has 2 rings (SSSR count). The fraction of sp³-hybridized carbons (Fsp3) is 0.417. The van der Waals surface area contributed by atoms with Gasteiger partial charge in [-0.2, -0.15) is 13.2 Å². The third-order valence-corrected chi connectivity index (χ3v) is 5.41. The van der Waals surface area contributed by atoms with Crippen molar-refractivity contribution in [2.45, 2.75) is 13.1 Å². The second-order valence-electron chi connectivity index (χ2n) is 5.01. The average molecular weight is 338 g/mol. The zero-order valence-corrected chi connectivity index (χ0v) is 12.6. The van der Waals surface area contributed by atoms with Crippen LogP contribution in [0.15, 0.2) is 18.2 Å². The number of nitrogens with zero attached hydrogens (tertiary/aromatic N) is 1. The summed E-state index contributed by atoms with van der Waals surface area (Å²) >= 11 is 4.61. The predicted octanol–water partition coefficient (Wildman–Crippen LogP) is 2.13. The van der Waals surface area contributed by atoms with Gasteiger partial charge in [0.15, 0.2) is 0 Å². The van der Waals surface area contributed by atoms with Gasteiger partial charge >= 0.3 is 6.18 Å². The van der Waals surface area contributed by atoms with Crippen molar-refractivity contribution in [3.05, 3.63) is 29.3 Å². The monoisotopic (exact) mass is 338 g/mol. The van der Waals surface area contributed by atoms with Crippen LogP contribution in [0.5, 0.6) is 0 Å². The molecule has 1 saturated heterocycles. The molecular weight excluding hydrogens is 325 g/mol. The van der Waals surface area contributed by atoms with E-state index in [1.54, 1.807) is 6.92 Å². The van der Waals surface area contributed by atoms with Crippen LogP contribution < -0.4 is 10.0 Å². The van der Waals surface area contributed by atoms with Gasteiger partial charge in [0.05, 0.1) is 17.0 Å². The molecule has 0 spiro atoms. The van der Waals surface area contributed by atoms with E-state index in [0.29, 0.717) is 0 Å². The van der Waals surface area contributed by atoms with Crippen LogP contribution in [0.2, 0.25) is 0 Å². The van der Waals surface area contributed by atoms with Gasteiger partial charge in [-0.3, -0.25) is 4.31 Å². The molecule has 1 aromatic carbocycles. The van der Waals surface area contributed by atoms with Crippen molar-refractivity contribution in [3.63, 3.8) is 0 Å². The van der Waals surface area contributed by atoms with Crippen LogP contribution in [0.1, 0.15) is 18.1 Å². The second kappa shape index (κ2) is 5.13. The van der Waals surface area contributed by atoms with Crippen LogP contribution in [0.3, 0.4) is 0 Å². The molecule has 2 N–H and O–H groups in total. The summed E-state index contributed by atoms with van der Waals surface area (Å²) in [6, 6.07) is 3.18. The van der Waals surface area contributed by atoms with Crippen molar-refractivity contribution in [2.24, 2.45) is 11.7 Å². The smallest absolute Gasteiger partial charge is 0.389 e. The Kier molecular flexibility index (Phi) is 3.92. The number of benzene rings is 1. The molecule has 0 aromatic heterocycles.